The summed E-state index contributed by atoms with van der Waals surface area (Å²) in [6, 6.07) is 6.53. The molecule has 0 amide bonds. The molecule has 0 N–H and O–H groups in total. The molecule has 8 heteroatoms. The van der Waals surface area contributed by atoms with Crippen molar-refractivity contribution in [3.63, 3.8) is 0 Å². The molecule has 0 bridgehead atoms. The molecular formula is C15H13ClN2O5. The van der Waals surface area contributed by atoms with Crippen molar-refractivity contribution < 1.29 is 23.8 Å². The standard InChI is InChI=1S/C15H13ClN2O5/c1-21-14(19)10-7-23-8-18(13(10)15(20)22-2)12-4-3-9(6-17)5-11(12)16/h3-5H,7-8H2,1-2H3. The summed E-state index contributed by atoms with van der Waals surface area (Å²) in [6.07, 6.45) is 0. The minimum absolute atomic E-state index is 0.00259. The minimum atomic E-state index is -0.714. The highest BCUT2D eigenvalue weighted by atomic mass is 35.5. The van der Waals surface area contributed by atoms with E-state index in [9.17, 15) is 9.59 Å². The van der Waals surface area contributed by atoms with Gasteiger partial charge in [-0.05, 0) is 18.2 Å². The van der Waals surface area contributed by atoms with Crippen LogP contribution in [0.3, 0.4) is 0 Å². The van der Waals surface area contributed by atoms with Crippen LogP contribution in [0.2, 0.25) is 5.02 Å². The maximum atomic E-state index is 12.1. The van der Waals surface area contributed by atoms with Gasteiger partial charge < -0.3 is 19.1 Å². The van der Waals surface area contributed by atoms with Crippen molar-refractivity contribution in [2.75, 3.05) is 32.5 Å². The lowest BCUT2D eigenvalue weighted by molar-refractivity contribution is -0.140. The minimum Gasteiger partial charge on any atom is -0.466 e. The zero-order chi connectivity index (χ0) is 17.0. The first kappa shape index (κ1) is 16.8. The molecule has 23 heavy (non-hydrogen) atoms. The predicted octanol–water partition coefficient (Wildman–Crippen LogP) is 1.61. The van der Waals surface area contributed by atoms with E-state index in [0.29, 0.717) is 11.3 Å². The van der Waals surface area contributed by atoms with Gasteiger partial charge in [-0.3, -0.25) is 0 Å². The first-order chi connectivity index (χ1) is 11.0. The smallest absolute Gasteiger partial charge is 0.355 e. The van der Waals surface area contributed by atoms with E-state index < -0.39 is 11.9 Å². The molecular weight excluding hydrogens is 324 g/mol. The summed E-state index contributed by atoms with van der Waals surface area (Å²) in [6.45, 7) is -0.0853. The van der Waals surface area contributed by atoms with Gasteiger partial charge in [0.25, 0.3) is 0 Å². The molecule has 0 radical (unpaired) electrons. The number of carbonyl (C=O) groups excluding carboxylic acids is 2. The second-order valence-corrected chi connectivity index (χ2v) is 4.90. The molecule has 1 aromatic rings. The maximum absolute atomic E-state index is 12.1. The van der Waals surface area contributed by atoms with Crippen molar-refractivity contribution in [1.29, 1.82) is 5.26 Å². The van der Waals surface area contributed by atoms with Crippen LogP contribution >= 0.6 is 11.6 Å². The number of nitriles is 1. The number of anilines is 1. The van der Waals surface area contributed by atoms with Crippen LogP contribution in [-0.2, 0) is 23.8 Å². The van der Waals surface area contributed by atoms with Crippen molar-refractivity contribution in [2.24, 2.45) is 0 Å². The molecule has 1 aliphatic rings. The number of rotatable bonds is 3. The zero-order valence-corrected chi connectivity index (χ0v) is 13.2. The highest BCUT2D eigenvalue weighted by molar-refractivity contribution is 6.33. The first-order valence-electron chi connectivity index (χ1n) is 6.48. The van der Waals surface area contributed by atoms with Crippen molar-refractivity contribution in [3.8, 4) is 6.07 Å². The number of esters is 2. The summed E-state index contributed by atoms with van der Waals surface area (Å²) in [5.41, 5.74) is 0.809. The Labute approximate surface area is 137 Å². The zero-order valence-electron chi connectivity index (χ0n) is 12.5. The summed E-state index contributed by atoms with van der Waals surface area (Å²) >= 11 is 6.18. The summed E-state index contributed by atoms with van der Waals surface area (Å²) in [4.78, 5) is 25.4. The van der Waals surface area contributed by atoms with Gasteiger partial charge in [-0.15, -0.1) is 0 Å². The van der Waals surface area contributed by atoms with Crippen molar-refractivity contribution in [3.05, 3.63) is 40.1 Å². The second-order valence-electron chi connectivity index (χ2n) is 4.49. The number of carbonyl (C=O) groups is 2. The van der Waals surface area contributed by atoms with E-state index in [-0.39, 0.29) is 29.6 Å². The van der Waals surface area contributed by atoms with Gasteiger partial charge in [0.15, 0.2) is 0 Å². The molecule has 2 rings (SSSR count). The largest absolute Gasteiger partial charge is 0.466 e. The molecule has 1 heterocycles. The van der Waals surface area contributed by atoms with E-state index in [4.69, 9.17) is 26.3 Å². The molecule has 0 atom stereocenters. The molecule has 0 aromatic heterocycles. The summed E-state index contributed by atoms with van der Waals surface area (Å²) in [7, 11) is 2.41. The Kier molecular flexibility index (Phi) is 5.21. The van der Waals surface area contributed by atoms with Crippen LogP contribution in [0.4, 0.5) is 5.69 Å². The third-order valence-corrected chi connectivity index (χ3v) is 3.50. The molecule has 0 spiro atoms. The van der Waals surface area contributed by atoms with Crippen molar-refractivity contribution in [1.82, 2.24) is 0 Å². The Balaban J connectivity index is 2.58. The van der Waals surface area contributed by atoms with Gasteiger partial charge in [0.2, 0.25) is 0 Å². The molecule has 120 valence electrons. The number of nitrogens with zero attached hydrogens (tertiary/aromatic N) is 2. The number of benzene rings is 1. The number of halogens is 1. The van der Waals surface area contributed by atoms with Gasteiger partial charge in [-0.1, -0.05) is 11.6 Å². The van der Waals surface area contributed by atoms with Gasteiger partial charge in [-0.25, -0.2) is 9.59 Å². The van der Waals surface area contributed by atoms with E-state index in [2.05, 4.69) is 4.74 Å². The summed E-state index contributed by atoms with van der Waals surface area (Å²) in [5, 5.41) is 9.13. The van der Waals surface area contributed by atoms with Crippen LogP contribution in [0.1, 0.15) is 5.56 Å². The maximum Gasteiger partial charge on any atom is 0.355 e. The Bertz CT molecular complexity index is 723. The normalized spacial score (nSPS) is 14.3. The van der Waals surface area contributed by atoms with E-state index in [1.807, 2.05) is 6.07 Å². The van der Waals surface area contributed by atoms with E-state index in [1.165, 1.54) is 25.2 Å². The van der Waals surface area contributed by atoms with Gasteiger partial charge in [-0.2, -0.15) is 5.26 Å². The van der Waals surface area contributed by atoms with Crippen LogP contribution in [0.5, 0.6) is 0 Å². The Morgan fingerprint density at radius 1 is 1.30 bits per heavy atom. The van der Waals surface area contributed by atoms with Crippen LogP contribution in [0.15, 0.2) is 29.5 Å². The Morgan fingerprint density at radius 2 is 2.00 bits per heavy atom. The van der Waals surface area contributed by atoms with Crippen LogP contribution in [-0.4, -0.2) is 39.5 Å². The molecule has 0 fully saturated rings. The fourth-order valence-corrected chi connectivity index (χ4v) is 2.41. The molecule has 1 aromatic carbocycles. The SMILES string of the molecule is COC(=O)C1=C(C(=O)OC)N(c2ccc(C#N)cc2Cl)COC1. The van der Waals surface area contributed by atoms with Crippen molar-refractivity contribution >= 4 is 29.2 Å². The monoisotopic (exact) mass is 336 g/mol. The molecule has 1 aliphatic heterocycles. The fourth-order valence-electron chi connectivity index (χ4n) is 2.13. The number of hydrogen-bond donors (Lipinski definition) is 0. The Hall–Kier alpha value is -2.56. The highest BCUT2D eigenvalue weighted by Crippen LogP contribution is 2.32. The van der Waals surface area contributed by atoms with E-state index in [1.54, 1.807) is 12.1 Å². The topological polar surface area (TPSA) is 88.9 Å². The molecule has 0 aliphatic carbocycles. The quantitative estimate of drug-likeness (QED) is 0.774. The third kappa shape index (κ3) is 3.28. The molecule has 0 saturated carbocycles. The molecule has 0 saturated heterocycles. The average Bonchev–Trinajstić information content (AvgIpc) is 2.59. The van der Waals surface area contributed by atoms with Crippen LogP contribution in [0.25, 0.3) is 0 Å². The van der Waals surface area contributed by atoms with E-state index >= 15 is 0 Å². The van der Waals surface area contributed by atoms with Gasteiger partial charge >= 0.3 is 11.9 Å². The molecule has 7 nitrogen and oxygen atoms in total. The lowest BCUT2D eigenvalue weighted by Crippen LogP contribution is -2.38. The third-order valence-electron chi connectivity index (χ3n) is 3.20. The number of methoxy groups -OCH3 is 2. The average molecular weight is 337 g/mol. The van der Waals surface area contributed by atoms with E-state index in [0.717, 1.165) is 0 Å². The fraction of sp³-hybridized carbons (Fsp3) is 0.267. The summed E-state index contributed by atoms with van der Waals surface area (Å²) < 4.78 is 14.8. The van der Waals surface area contributed by atoms with Gasteiger partial charge in [0.1, 0.15) is 12.4 Å². The second kappa shape index (κ2) is 7.13. The van der Waals surface area contributed by atoms with Crippen molar-refractivity contribution in [2.45, 2.75) is 0 Å². The Morgan fingerprint density at radius 3 is 2.57 bits per heavy atom. The lowest BCUT2D eigenvalue weighted by Gasteiger charge is -2.31. The first-order valence-corrected chi connectivity index (χ1v) is 6.86. The van der Waals surface area contributed by atoms with Gasteiger partial charge in [0, 0.05) is 0 Å². The predicted molar refractivity (Wildman–Crippen MR) is 80.5 cm³/mol. The highest BCUT2D eigenvalue weighted by Gasteiger charge is 2.33. The van der Waals surface area contributed by atoms with Crippen LogP contribution < -0.4 is 4.90 Å². The summed E-state index contributed by atoms with van der Waals surface area (Å²) in [5.74, 6) is -1.41. The molecule has 0 unspecified atom stereocenters. The van der Waals surface area contributed by atoms with Crippen LogP contribution in [0, 0.1) is 11.3 Å². The lowest BCUT2D eigenvalue weighted by atomic mass is 10.1. The number of ether oxygens (including phenoxy) is 3. The number of hydrogen-bond acceptors (Lipinski definition) is 7. The van der Waals surface area contributed by atoms with Gasteiger partial charge in [0.05, 0.1) is 48.7 Å².